The first kappa shape index (κ1) is 13.1. The van der Waals surface area contributed by atoms with E-state index in [0.29, 0.717) is 19.3 Å². The van der Waals surface area contributed by atoms with Crippen LogP contribution in [0.3, 0.4) is 0 Å². The largest absolute Gasteiger partial charge is 0.389 e. The van der Waals surface area contributed by atoms with E-state index < -0.39 is 25.9 Å². The summed E-state index contributed by atoms with van der Waals surface area (Å²) in [4.78, 5) is 0. The highest BCUT2D eigenvalue weighted by atomic mass is 32.2. The third-order valence-corrected chi connectivity index (χ3v) is 7.04. The molecule has 2 atom stereocenters. The number of sulfone groups is 1. The number of hydrogen-bond donors (Lipinski definition) is 1. The van der Waals surface area contributed by atoms with Crippen LogP contribution in [0.4, 0.5) is 4.39 Å². The van der Waals surface area contributed by atoms with Gasteiger partial charge in [0.05, 0.1) is 16.1 Å². The van der Waals surface area contributed by atoms with E-state index >= 15 is 0 Å². The van der Waals surface area contributed by atoms with Gasteiger partial charge in [0.25, 0.3) is 0 Å². The Hall–Kier alpha value is -0.940. The van der Waals surface area contributed by atoms with Crippen molar-refractivity contribution in [1.82, 2.24) is 0 Å². The van der Waals surface area contributed by atoms with Gasteiger partial charge in [0.2, 0.25) is 0 Å². The van der Waals surface area contributed by atoms with Gasteiger partial charge in [-0.15, -0.1) is 0 Å². The van der Waals surface area contributed by atoms with Crippen molar-refractivity contribution >= 4 is 9.84 Å². The zero-order valence-electron chi connectivity index (χ0n) is 10.5. The molecule has 3 nitrogen and oxygen atoms in total. The average Bonchev–Trinajstić information content (AvgIpc) is 2.49. The van der Waals surface area contributed by atoms with E-state index in [4.69, 9.17) is 0 Å². The van der Waals surface area contributed by atoms with E-state index in [2.05, 4.69) is 0 Å². The Balaban J connectivity index is 1.83. The Morgan fingerprint density at radius 3 is 2.47 bits per heavy atom. The SMILES string of the molecule is O=S1(=O)C2CCC1CC(O)(Cc1cccc(F)c1)C2. The maximum atomic E-state index is 13.2. The third-order valence-electron chi connectivity index (χ3n) is 4.38. The van der Waals surface area contributed by atoms with Crippen LogP contribution in [0.15, 0.2) is 24.3 Å². The van der Waals surface area contributed by atoms with Crippen molar-refractivity contribution < 1.29 is 17.9 Å². The number of aliphatic hydroxyl groups is 1. The summed E-state index contributed by atoms with van der Waals surface area (Å²) in [5.74, 6) is -0.326. The normalized spacial score (nSPS) is 36.3. The van der Waals surface area contributed by atoms with E-state index in [-0.39, 0.29) is 18.7 Å². The van der Waals surface area contributed by atoms with Crippen LogP contribution in [0.5, 0.6) is 0 Å². The van der Waals surface area contributed by atoms with Crippen molar-refractivity contribution in [3.63, 3.8) is 0 Å². The van der Waals surface area contributed by atoms with Crippen molar-refractivity contribution in [3.05, 3.63) is 35.6 Å². The minimum atomic E-state index is -3.03. The maximum Gasteiger partial charge on any atom is 0.156 e. The molecular weight excluding hydrogens is 267 g/mol. The zero-order chi connectivity index (χ0) is 13.7. The second-order valence-electron chi connectivity index (χ2n) is 5.85. The molecule has 2 heterocycles. The van der Waals surface area contributed by atoms with Gasteiger partial charge in [-0.3, -0.25) is 0 Å². The average molecular weight is 284 g/mol. The van der Waals surface area contributed by atoms with Crippen LogP contribution in [0.25, 0.3) is 0 Å². The summed E-state index contributed by atoms with van der Waals surface area (Å²) >= 11 is 0. The highest BCUT2D eigenvalue weighted by molar-refractivity contribution is 7.93. The van der Waals surface area contributed by atoms with Gasteiger partial charge in [-0.2, -0.15) is 0 Å². The van der Waals surface area contributed by atoms with Crippen LogP contribution >= 0.6 is 0 Å². The van der Waals surface area contributed by atoms with Crippen molar-refractivity contribution in [1.29, 1.82) is 0 Å². The number of halogens is 1. The van der Waals surface area contributed by atoms with Gasteiger partial charge >= 0.3 is 0 Å². The van der Waals surface area contributed by atoms with Crippen LogP contribution < -0.4 is 0 Å². The second kappa shape index (κ2) is 4.28. The summed E-state index contributed by atoms with van der Waals surface area (Å²) in [6.07, 6.45) is 2.19. The molecule has 2 unspecified atom stereocenters. The zero-order valence-corrected chi connectivity index (χ0v) is 11.4. The maximum absolute atomic E-state index is 13.2. The lowest BCUT2D eigenvalue weighted by Gasteiger charge is -2.36. The summed E-state index contributed by atoms with van der Waals surface area (Å²) in [5.41, 5.74) is -0.286. The van der Waals surface area contributed by atoms with Gasteiger partial charge in [-0.25, -0.2) is 12.8 Å². The van der Waals surface area contributed by atoms with E-state index in [1.165, 1.54) is 12.1 Å². The summed E-state index contributed by atoms with van der Waals surface area (Å²) in [7, 11) is -3.03. The van der Waals surface area contributed by atoms with E-state index in [1.807, 2.05) is 0 Å². The molecule has 0 aromatic heterocycles. The van der Waals surface area contributed by atoms with Gasteiger partial charge in [0.15, 0.2) is 9.84 Å². The van der Waals surface area contributed by atoms with E-state index in [9.17, 15) is 17.9 Å². The Morgan fingerprint density at radius 1 is 1.26 bits per heavy atom. The molecule has 104 valence electrons. The lowest BCUT2D eigenvalue weighted by atomic mass is 9.87. The molecular formula is C14H17FO3S. The first-order valence-electron chi connectivity index (χ1n) is 6.59. The lowest BCUT2D eigenvalue weighted by Crippen LogP contribution is -2.46. The van der Waals surface area contributed by atoms with Gasteiger partial charge in [0, 0.05) is 6.42 Å². The molecule has 19 heavy (non-hydrogen) atoms. The minimum absolute atomic E-state index is 0.280. The third kappa shape index (κ3) is 2.30. The molecule has 1 N–H and O–H groups in total. The van der Waals surface area contributed by atoms with Gasteiger partial charge < -0.3 is 5.11 Å². The molecule has 0 radical (unpaired) electrons. The smallest absolute Gasteiger partial charge is 0.156 e. The van der Waals surface area contributed by atoms with Crippen molar-refractivity contribution in [2.45, 2.75) is 48.2 Å². The van der Waals surface area contributed by atoms with Crippen molar-refractivity contribution in [2.24, 2.45) is 0 Å². The second-order valence-corrected chi connectivity index (χ2v) is 8.36. The van der Waals surface area contributed by atoms with Gasteiger partial charge in [-0.1, -0.05) is 12.1 Å². The monoisotopic (exact) mass is 284 g/mol. The van der Waals surface area contributed by atoms with Crippen LogP contribution in [0.2, 0.25) is 0 Å². The van der Waals surface area contributed by atoms with Crippen molar-refractivity contribution in [2.75, 3.05) is 0 Å². The molecule has 2 bridgehead atoms. The highest BCUT2D eigenvalue weighted by Crippen LogP contribution is 2.44. The van der Waals surface area contributed by atoms with Crippen LogP contribution in [-0.2, 0) is 16.3 Å². The van der Waals surface area contributed by atoms with E-state index in [0.717, 1.165) is 5.56 Å². The molecule has 0 saturated carbocycles. The first-order chi connectivity index (χ1) is 8.89. The van der Waals surface area contributed by atoms with Crippen LogP contribution in [0, 0.1) is 5.82 Å². The molecule has 2 aliphatic rings. The Labute approximate surface area is 112 Å². The number of fused-ring (bicyclic) bond motifs is 2. The molecule has 0 spiro atoms. The predicted octanol–water partition coefficient (Wildman–Crippen LogP) is 1.84. The highest BCUT2D eigenvalue weighted by Gasteiger charge is 2.52. The fourth-order valence-electron chi connectivity index (χ4n) is 3.51. The fourth-order valence-corrected chi connectivity index (χ4v) is 6.07. The molecule has 2 aliphatic heterocycles. The topological polar surface area (TPSA) is 54.4 Å². The molecule has 5 heteroatoms. The Bertz CT molecular complexity index is 576. The quantitative estimate of drug-likeness (QED) is 0.901. The van der Waals surface area contributed by atoms with Crippen molar-refractivity contribution in [3.8, 4) is 0 Å². The number of benzene rings is 1. The van der Waals surface area contributed by atoms with Gasteiger partial charge in [0.1, 0.15) is 5.82 Å². The molecule has 2 fully saturated rings. The summed E-state index contributed by atoms with van der Waals surface area (Å²) < 4.78 is 37.2. The number of rotatable bonds is 2. The van der Waals surface area contributed by atoms with E-state index in [1.54, 1.807) is 12.1 Å². The first-order valence-corrected chi connectivity index (χ1v) is 8.20. The Morgan fingerprint density at radius 2 is 1.89 bits per heavy atom. The fraction of sp³-hybridized carbons (Fsp3) is 0.571. The van der Waals surface area contributed by atoms with Crippen LogP contribution in [0.1, 0.15) is 31.2 Å². The lowest BCUT2D eigenvalue weighted by molar-refractivity contribution is 0.0219. The van der Waals surface area contributed by atoms with Gasteiger partial charge in [-0.05, 0) is 43.4 Å². The minimum Gasteiger partial charge on any atom is -0.389 e. The summed E-state index contributed by atoms with van der Waals surface area (Å²) in [5, 5.41) is 9.82. The molecule has 2 saturated heterocycles. The predicted molar refractivity (Wildman–Crippen MR) is 70.0 cm³/mol. The summed E-state index contributed by atoms with van der Waals surface area (Å²) in [6.45, 7) is 0. The molecule has 1 aromatic rings. The molecule has 1 aromatic carbocycles. The molecule has 0 aliphatic carbocycles. The molecule has 3 rings (SSSR count). The molecule has 0 amide bonds. The number of hydrogen-bond acceptors (Lipinski definition) is 3. The standard InChI is InChI=1S/C14H17FO3S/c15-11-3-1-2-10(6-11)7-14(16)8-12-4-5-13(9-14)19(12,17)18/h1-3,6,12-13,16H,4-5,7-9H2. The summed E-state index contributed by atoms with van der Waals surface area (Å²) in [6, 6.07) is 6.15. The van der Waals surface area contributed by atoms with Crippen LogP contribution in [-0.4, -0.2) is 29.6 Å². The Kier molecular flexibility index (Phi) is 2.94.